The molecule has 0 bridgehead atoms. The van der Waals surface area contributed by atoms with Crippen molar-refractivity contribution in [3.05, 3.63) is 70.6 Å². The van der Waals surface area contributed by atoms with Crippen LogP contribution in [0.5, 0.6) is 11.5 Å². The Morgan fingerprint density at radius 2 is 1.77 bits per heavy atom. The minimum atomic E-state index is -0.637. The molecule has 0 aliphatic carbocycles. The van der Waals surface area contributed by atoms with E-state index in [0.717, 1.165) is 16.4 Å². The first-order valence-corrected chi connectivity index (χ1v) is 9.78. The van der Waals surface area contributed by atoms with Crippen LogP contribution in [-0.4, -0.2) is 54.2 Å². The highest BCUT2D eigenvalue weighted by molar-refractivity contribution is 6.06. The van der Waals surface area contributed by atoms with Crippen molar-refractivity contribution in [2.24, 2.45) is 0 Å². The number of carbonyl (C=O) groups is 1. The fourth-order valence-electron chi connectivity index (χ4n) is 3.43. The first-order chi connectivity index (χ1) is 15.1. The number of anilines is 2. The third kappa shape index (κ3) is 4.22. The zero-order chi connectivity index (χ0) is 21.8. The van der Waals surface area contributed by atoms with E-state index in [-0.39, 0.29) is 5.69 Å². The Kier molecular flexibility index (Phi) is 5.85. The maximum atomic E-state index is 13.0. The first-order valence-electron chi connectivity index (χ1n) is 9.78. The Morgan fingerprint density at radius 1 is 1.10 bits per heavy atom. The number of aromatic hydroxyl groups is 1. The lowest BCUT2D eigenvalue weighted by Crippen LogP contribution is -2.36. The molecule has 0 atom stereocenters. The first kappa shape index (κ1) is 20.4. The van der Waals surface area contributed by atoms with Crippen LogP contribution in [0.2, 0.25) is 0 Å². The summed E-state index contributed by atoms with van der Waals surface area (Å²) in [6.45, 7) is 2.62. The van der Waals surface area contributed by atoms with Gasteiger partial charge in [-0.1, -0.05) is 24.3 Å². The number of methoxy groups -OCH3 is 1. The molecule has 0 radical (unpaired) electrons. The molecule has 1 aliphatic heterocycles. The number of amides is 1. The molecule has 9 nitrogen and oxygen atoms in total. The molecule has 0 unspecified atom stereocenters. The highest BCUT2D eigenvalue weighted by atomic mass is 16.5. The van der Waals surface area contributed by atoms with Crippen molar-refractivity contribution in [1.82, 2.24) is 9.78 Å². The molecular formula is C22H22N4O5. The number of carbonyl (C=O) groups excluding carboxylic acids is 1. The summed E-state index contributed by atoms with van der Waals surface area (Å²) in [6, 6.07) is 15.1. The number of para-hydroxylation sites is 4. The molecule has 1 aliphatic rings. The summed E-state index contributed by atoms with van der Waals surface area (Å²) in [4.78, 5) is 27.5. The van der Waals surface area contributed by atoms with Gasteiger partial charge in [-0.15, -0.1) is 0 Å². The second-order valence-corrected chi connectivity index (χ2v) is 6.87. The number of nitrogens with one attached hydrogen (secondary N) is 1. The van der Waals surface area contributed by atoms with Crippen molar-refractivity contribution in [1.29, 1.82) is 0 Å². The van der Waals surface area contributed by atoms with Gasteiger partial charge in [-0.05, 0) is 24.3 Å². The second-order valence-electron chi connectivity index (χ2n) is 6.87. The molecule has 2 aromatic carbocycles. The van der Waals surface area contributed by atoms with Gasteiger partial charge in [0.05, 0.1) is 31.7 Å². The minimum absolute atomic E-state index is 0.276. The van der Waals surface area contributed by atoms with Crippen LogP contribution in [0.3, 0.4) is 0 Å². The van der Waals surface area contributed by atoms with Crippen LogP contribution in [0.4, 0.5) is 11.4 Å². The molecule has 0 saturated carbocycles. The lowest BCUT2D eigenvalue weighted by Gasteiger charge is -2.30. The normalized spacial score (nSPS) is 13.6. The molecule has 31 heavy (non-hydrogen) atoms. The Morgan fingerprint density at radius 3 is 2.52 bits per heavy atom. The summed E-state index contributed by atoms with van der Waals surface area (Å²) in [6.07, 6.45) is 0. The molecule has 1 aromatic heterocycles. The summed E-state index contributed by atoms with van der Waals surface area (Å²) < 4.78 is 11.7. The van der Waals surface area contributed by atoms with Gasteiger partial charge in [-0.2, -0.15) is 9.78 Å². The summed E-state index contributed by atoms with van der Waals surface area (Å²) in [7, 11) is 1.47. The third-order valence-electron chi connectivity index (χ3n) is 4.94. The van der Waals surface area contributed by atoms with Crippen LogP contribution in [0.15, 0.2) is 59.4 Å². The van der Waals surface area contributed by atoms with Gasteiger partial charge >= 0.3 is 0 Å². The molecule has 1 fully saturated rings. The Bertz CT molecular complexity index is 1150. The average Bonchev–Trinajstić information content (AvgIpc) is 2.80. The van der Waals surface area contributed by atoms with Crippen molar-refractivity contribution >= 4 is 17.3 Å². The molecular weight excluding hydrogens is 400 g/mol. The van der Waals surface area contributed by atoms with Gasteiger partial charge in [-0.3, -0.25) is 9.59 Å². The van der Waals surface area contributed by atoms with Gasteiger partial charge in [0.1, 0.15) is 11.4 Å². The van der Waals surface area contributed by atoms with Gasteiger partial charge in [-0.25, -0.2) is 0 Å². The van der Waals surface area contributed by atoms with Crippen molar-refractivity contribution in [2.75, 3.05) is 43.6 Å². The number of ether oxygens (including phenoxy) is 2. The lowest BCUT2D eigenvalue weighted by molar-refractivity contribution is 0.101. The Labute approximate surface area is 178 Å². The predicted octanol–water partition coefficient (Wildman–Crippen LogP) is 2.04. The fourth-order valence-corrected chi connectivity index (χ4v) is 3.43. The van der Waals surface area contributed by atoms with Crippen LogP contribution in [-0.2, 0) is 4.74 Å². The van der Waals surface area contributed by atoms with Gasteiger partial charge in [0.2, 0.25) is 0 Å². The summed E-state index contributed by atoms with van der Waals surface area (Å²) >= 11 is 0. The van der Waals surface area contributed by atoms with Crippen LogP contribution in [0.25, 0.3) is 5.69 Å². The molecule has 160 valence electrons. The number of rotatable bonds is 5. The number of nitrogens with zero attached hydrogens (tertiary/aromatic N) is 3. The number of aromatic nitrogens is 2. The maximum Gasteiger partial charge on any atom is 0.280 e. The van der Waals surface area contributed by atoms with E-state index in [2.05, 4.69) is 15.3 Å². The molecule has 4 rings (SSSR count). The fraction of sp³-hybridized carbons (Fsp3) is 0.227. The zero-order valence-corrected chi connectivity index (χ0v) is 16.9. The predicted molar refractivity (Wildman–Crippen MR) is 115 cm³/mol. The smallest absolute Gasteiger partial charge is 0.280 e. The average molecular weight is 422 g/mol. The third-order valence-corrected chi connectivity index (χ3v) is 4.94. The van der Waals surface area contributed by atoms with Crippen molar-refractivity contribution in [3.8, 4) is 17.2 Å². The minimum Gasteiger partial charge on any atom is -0.505 e. The maximum absolute atomic E-state index is 13.0. The van der Waals surface area contributed by atoms with Gasteiger partial charge in [0, 0.05) is 19.2 Å². The van der Waals surface area contributed by atoms with E-state index in [9.17, 15) is 14.7 Å². The van der Waals surface area contributed by atoms with E-state index in [1.165, 1.54) is 7.11 Å². The number of benzene rings is 2. The summed E-state index contributed by atoms with van der Waals surface area (Å²) in [5.41, 5.74) is 0.912. The molecule has 2 heterocycles. The number of hydrogen-bond donors (Lipinski definition) is 2. The van der Waals surface area contributed by atoms with E-state index < -0.39 is 17.2 Å². The van der Waals surface area contributed by atoms with E-state index in [1.54, 1.807) is 30.3 Å². The zero-order valence-electron chi connectivity index (χ0n) is 16.9. The van der Waals surface area contributed by atoms with E-state index in [0.29, 0.717) is 43.4 Å². The largest absolute Gasteiger partial charge is 0.505 e. The second kappa shape index (κ2) is 8.88. The molecule has 2 N–H and O–H groups in total. The summed E-state index contributed by atoms with van der Waals surface area (Å²) in [5.74, 6) is -0.730. The van der Waals surface area contributed by atoms with Gasteiger partial charge in [0.25, 0.3) is 11.5 Å². The molecule has 9 heteroatoms. The van der Waals surface area contributed by atoms with Crippen molar-refractivity contribution in [3.63, 3.8) is 0 Å². The standard InChI is InChI=1S/C22H22N4O5/c1-30-19-9-5-4-8-17(19)26-20(28)14-18(27)21(24-26)22(29)23-15-6-2-3-7-16(15)25-10-12-31-13-11-25/h2-9,14,27H,10-13H2,1H3,(H,23,29). The highest BCUT2D eigenvalue weighted by Gasteiger charge is 2.21. The SMILES string of the molecule is COc1ccccc1-n1nc(C(=O)Nc2ccccc2N2CCOCC2)c(O)cc1=O. The van der Waals surface area contributed by atoms with Gasteiger partial charge in [0.15, 0.2) is 11.4 Å². The van der Waals surface area contributed by atoms with Crippen LogP contribution >= 0.6 is 0 Å². The molecule has 3 aromatic rings. The number of morpholine rings is 1. The Hall–Kier alpha value is -3.85. The summed E-state index contributed by atoms with van der Waals surface area (Å²) in [5, 5.41) is 17.2. The Balaban J connectivity index is 1.68. The highest BCUT2D eigenvalue weighted by Crippen LogP contribution is 2.27. The molecule has 1 amide bonds. The lowest BCUT2D eigenvalue weighted by atomic mass is 10.2. The molecule has 1 saturated heterocycles. The van der Waals surface area contributed by atoms with Crippen LogP contribution < -0.4 is 20.5 Å². The van der Waals surface area contributed by atoms with Crippen molar-refractivity contribution in [2.45, 2.75) is 0 Å². The molecule has 0 spiro atoms. The van der Waals surface area contributed by atoms with E-state index >= 15 is 0 Å². The quantitative estimate of drug-likeness (QED) is 0.648. The van der Waals surface area contributed by atoms with E-state index in [1.807, 2.05) is 18.2 Å². The van der Waals surface area contributed by atoms with Crippen molar-refractivity contribution < 1.29 is 19.4 Å². The topological polar surface area (TPSA) is 106 Å². The van der Waals surface area contributed by atoms with Crippen LogP contribution in [0.1, 0.15) is 10.5 Å². The van der Waals surface area contributed by atoms with E-state index in [4.69, 9.17) is 9.47 Å². The van der Waals surface area contributed by atoms with Crippen LogP contribution in [0, 0.1) is 0 Å². The van der Waals surface area contributed by atoms with Gasteiger partial charge < -0.3 is 24.8 Å². The monoisotopic (exact) mass is 422 g/mol. The number of hydrogen-bond acceptors (Lipinski definition) is 7.